The van der Waals surface area contributed by atoms with Gasteiger partial charge in [-0.05, 0) is 13.3 Å². The first-order valence-electron chi connectivity index (χ1n) is 4.73. The smallest absolute Gasteiger partial charge is 0.241 e. The highest BCUT2D eigenvalue weighted by atomic mass is 16.5. The summed E-state index contributed by atoms with van der Waals surface area (Å²) in [7, 11) is 1.65. The van der Waals surface area contributed by atoms with Crippen molar-refractivity contribution in [2.24, 2.45) is 0 Å². The first kappa shape index (κ1) is 10.5. The van der Waals surface area contributed by atoms with Gasteiger partial charge >= 0.3 is 0 Å². The second kappa shape index (κ2) is 4.58. The van der Waals surface area contributed by atoms with Gasteiger partial charge in [-0.2, -0.15) is 0 Å². The topological polar surface area (TPSA) is 41.6 Å². The molecule has 2 unspecified atom stereocenters. The Balaban J connectivity index is 2.49. The molecule has 1 heterocycles. The van der Waals surface area contributed by atoms with E-state index in [-0.39, 0.29) is 18.0 Å². The van der Waals surface area contributed by atoms with Gasteiger partial charge in [0.25, 0.3) is 0 Å². The fourth-order valence-electron chi connectivity index (χ4n) is 1.60. The van der Waals surface area contributed by atoms with Crippen molar-refractivity contribution in [1.29, 1.82) is 0 Å². The summed E-state index contributed by atoms with van der Waals surface area (Å²) in [5, 5.41) is 3.17. The summed E-state index contributed by atoms with van der Waals surface area (Å²) in [5.74, 6) is 0.201. The normalized spacial score (nSPS) is 25.3. The van der Waals surface area contributed by atoms with Gasteiger partial charge in [-0.3, -0.25) is 10.1 Å². The molecule has 13 heavy (non-hydrogen) atoms. The van der Waals surface area contributed by atoms with E-state index >= 15 is 0 Å². The maximum absolute atomic E-state index is 11.7. The molecule has 1 aliphatic rings. The van der Waals surface area contributed by atoms with Crippen LogP contribution < -0.4 is 5.32 Å². The standard InChI is InChI=1S/C9H18N2O2/c1-4-8-9(12)11(6-10-8)7(2)5-13-3/h7-8,10H,4-6H2,1-3H3. The molecule has 0 bridgehead atoms. The van der Waals surface area contributed by atoms with Crippen molar-refractivity contribution in [2.75, 3.05) is 20.4 Å². The van der Waals surface area contributed by atoms with Gasteiger partial charge < -0.3 is 9.64 Å². The zero-order chi connectivity index (χ0) is 9.84. The number of hydrogen-bond acceptors (Lipinski definition) is 3. The van der Waals surface area contributed by atoms with Crippen LogP contribution in [0.4, 0.5) is 0 Å². The number of nitrogens with one attached hydrogen (secondary N) is 1. The van der Waals surface area contributed by atoms with E-state index < -0.39 is 0 Å². The lowest BCUT2D eigenvalue weighted by Gasteiger charge is -2.22. The van der Waals surface area contributed by atoms with Crippen LogP contribution in [0.25, 0.3) is 0 Å². The van der Waals surface area contributed by atoms with Crippen LogP contribution in [0.5, 0.6) is 0 Å². The molecule has 4 nitrogen and oxygen atoms in total. The molecular weight excluding hydrogens is 168 g/mol. The Morgan fingerprint density at radius 1 is 1.77 bits per heavy atom. The monoisotopic (exact) mass is 186 g/mol. The lowest BCUT2D eigenvalue weighted by atomic mass is 10.2. The molecule has 2 atom stereocenters. The van der Waals surface area contributed by atoms with Gasteiger partial charge in [0.15, 0.2) is 0 Å². The molecular formula is C9H18N2O2. The Morgan fingerprint density at radius 2 is 2.46 bits per heavy atom. The largest absolute Gasteiger partial charge is 0.383 e. The van der Waals surface area contributed by atoms with Crippen molar-refractivity contribution in [2.45, 2.75) is 32.4 Å². The first-order chi connectivity index (χ1) is 6.20. The third kappa shape index (κ3) is 2.19. The van der Waals surface area contributed by atoms with Crippen LogP contribution >= 0.6 is 0 Å². The molecule has 0 aliphatic carbocycles. The summed E-state index contributed by atoms with van der Waals surface area (Å²) in [6.07, 6.45) is 0.856. The van der Waals surface area contributed by atoms with Crippen molar-refractivity contribution >= 4 is 5.91 Å². The number of amides is 1. The first-order valence-corrected chi connectivity index (χ1v) is 4.73. The average molecular weight is 186 g/mol. The second-order valence-electron chi connectivity index (χ2n) is 3.44. The van der Waals surface area contributed by atoms with Gasteiger partial charge in [0.05, 0.1) is 25.4 Å². The minimum atomic E-state index is 0.0132. The lowest BCUT2D eigenvalue weighted by molar-refractivity contribution is -0.131. The molecule has 1 amide bonds. The van der Waals surface area contributed by atoms with Crippen LogP contribution in [0.2, 0.25) is 0 Å². The van der Waals surface area contributed by atoms with Gasteiger partial charge in [0.2, 0.25) is 5.91 Å². The van der Waals surface area contributed by atoms with Crippen LogP contribution in [0.15, 0.2) is 0 Å². The molecule has 0 spiro atoms. The molecule has 76 valence electrons. The van der Waals surface area contributed by atoms with Crippen LogP contribution in [-0.4, -0.2) is 43.3 Å². The van der Waals surface area contributed by atoms with Crippen molar-refractivity contribution in [1.82, 2.24) is 10.2 Å². The Hall–Kier alpha value is -0.610. The minimum absolute atomic E-state index is 0.0132. The number of hydrogen-bond donors (Lipinski definition) is 1. The van der Waals surface area contributed by atoms with Crippen LogP contribution in [0.1, 0.15) is 20.3 Å². The number of carbonyl (C=O) groups is 1. The Kier molecular flexibility index (Phi) is 3.69. The zero-order valence-corrected chi connectivity index (χ0v) is 8.54. The van der Waals surface area contributed by atoms with E-state index in [1.54, 1.807) is 7.11 Å². The van der Waals surface area contributed by atoms with E-state index in [1.807, 2.05) is 18.7 Å². The molecule has 1 rings (SSSR count). The number of nitrogens with zero attached hydrogens (tertiary/aromatic N) is 1. The SMILES string of the molecule is CCC1NCN(C(C)COC)C1=O. The molecule has 1 N–H and O–H groups in total. The number of rotatable bonds is 4. The third-order valence-corrected chi connectivity index (χ3v) is 2.44. The summed E-state index contributed by atoms with van der Waals surface area (Å²) in [5.41, 5.74) is 0. The van der Waals surface area contributed by atoms with Crippen LogP contribution in [-0.2, 0) is 9.53 Å². The number of carbonyl (C=O) groups excluding carboxylic acids is 1. The molecule has 0 aromatic heterocycles. The van der Waals surface area contributed by atoms with E-state index in [2.05, 4.69) is 5.32 Å². The fraction of sp³-hybridized carbons (Fsp3) is 0.889. The highest BCUT2D eigenvalue weighted by molar-refractivity contribution is 5.83. The molecule has 0 saturated carbocycles. The predicted octanol–water partition coefficient (Wildman–Crippen LogP) is 0.189. The third-order valence-electron chi connectivity index (χ3n) is 2.44. The predicted molar refractivity (Wildman–Crippen MR) is 50.3 cm³/mol. The van der Waals surface area contributed by atoms with Gasteiger partial charge in [-0.25, -0.2) is 0 Å². The summed E-state index contributed by atoms with van der Waals surface area (Å²) in [6, 6.07) is 0.181. The number of methoxy groups -OCH3 is 1. The summed E-state index contributed by atoms with van der Waals surface area (Å²) >= 11 is 0. The maximum Gasteiger partial charge on any atom is 0.241 e. The summed E-state index contributed by atoms with van der Waals surface area (Å²) in [4.78, 5) is 13.5. The van der Waals surface area contributed by atoms with Crippen molar-refractivity contribution < 1.29 is 9.53 Å². The van der Waals surface area contributed by atoms with Gasteiger partial charge in [0, 0.05) is 7.11 Å². The Bertz CT molecular complexity index is 184. The van der Waals surface area contributed by atoms with Gasteiger partial charge in [-0.15, -0.1) is 0 Å². The minimum Gasteiger partial charge on any atom is -0.383 e. The maximum atomic E-state index is 11.7. The molecule has 1 fully saturated rings. The molecule has 1 aliphatic heterocycles. The quantitative estimate of drug-likeness (QED) is 0.681. The lowest BCUT2D eigenvalue weighted by Crippen LogP contribution is -2.39. The van der Waals surface area contributed by atoms with E-state index in [0.717, 1.165) is 6.42 Å². The average Bonchev–Trinajstić information content (AvgIpc) is 2.47. The molecule has 0 aromatic carbocycles. The van der Waals surface area contributed by atoms with Crippen LogP contribution in [0.3, 0.4) is 0 Å². The zero-order valence-electron chi connectivity index (χ0n) is 8.54. The van der Waals surface area contributed by atoms with Gasteiger partial charge in [-0.1, -0.05) is 6.92 Å². The van der Waals surface area contributed by atoms with E-state index in [4.69, 9.17) is 4.74 Å². The molecule has 4 heteroatoms. The fourth-order valence-corrected chi connectivity index (χ4v) is 1.60. The van der Waals surface area contributed by atoms with Gasteiger partial charge in [0.1, 0.15) is 0 Å². The van der Waals surface area contributed by atoms with E-state index in [9.17, 15) is 4.79 Å². The summed E-state index contributed by atoms with van der Waals surface area (Å²) < 4.78 is 5.01. The van der Waals surface area contributed by atoms with Crippen LogP contribution in [0, 0.1) is 0 Å². The Labute approximate surface area is 79.2 Å². The van der Waals surface area contributed by atoms with E-state index in [1.165, 1.54) is 0 Å². The Morgan fingerprint density at radius 3 is 2.92 bits per heavy atom. The second-order valence-corrected chi connectivity index (χ2v) is 3.44. The highest BCUT2D eigenvalue weighted by Crippen LogP contribution is 2.10. The summed E-state index contributed by atoms with van der Waals surface area (Å²) in [6.45, 7) is 5.27. The molecule has 1 saturated heterocycles. The van der Waals surface area contributed by atoms with Crippen molar-refractivity contribution in [3.63, 3.8) is 0 Å². The highest BCUT2D eigenvalue weighted by Gasteiger charge is 2.32. The molecule has 0 aromatic rings. The van der Waals surface area contributed by atoms with Crippen molar-refractivity contribution in [3.8, 4) is 0 Å². The van der Waals surface area contributed by atoms with Crippen molar-refractivity contribution in [3.05, 3.63) is 0 Å². The van der Waals surface area contributed by atoms with E-state index in [0.29, 0.717) is 13.3 Å². The molecule has 0 radical (unpaired) electrons. The number of ether oxygens (including phenoxy) is 1.